The van der Waals surface area contributed by atoms with E-state index in [1.807, 2.05) is 43.3 Å². The van der Waals surface area contributed by atoms with Gasteiger partial charge < -0.3 is 15.1 Å². The molecule has 2 aromatic rings. The third kappa shape index (κ3) is 3.88. The van der Waals surface area contributed by atoms with Crippen molar-refractivity contribution in [3.8, 4) is 0 Å². The van der Waals surface area contributed by atoms with Crippen LogP contribution in [0.15, 0.2) is 40.8 Å². The van der Waals surface area contributed by atoms with E-state index in [4.69, 9.17) is 4.42 Å². The quantitative estimate of drug-likeness (QED) is 0.848. The van der Waals surface area contributed by atoms with Crippen molar-refractivity contribution >= 4 is 11.6 Å². The van der Waals surface area contributed by atoms with E-state index in [2.05, 4.69) is 17.6 Å². The number of nitrogens with one attached hydrogen (secondary N) is 2. The van der Waals surface area contributed by atoms with Crippen molar-refractivity contribution in [1.29, 1.82) is 0 Å². The number of aryl methyl sites for hydroxylation is 1. The second-order valence-electron chi connectivity index (χ2n) is 4.70. The Morgan fingerprint density at radius 3 is 2.50 bits per heavy atom. The fraction of sp³-hybridized carbons (Fsp3) is 0.312. The van der Waals surface area contributed by atoms with Gasteiger partial charge in [-0.25, -0.2) is 0 Å². The average molecular weight is 272 g/mol. The van der Waals surface area contributed by atoms with Crippen molar-refractivity contribution in [2.75, 3.05) is 11.9 Å². The molecule has 20 heavy (non-hydrogen) atoms. The Morgan fingerprint density at radius 2 is 1.90 bits per heavy atom. The van der Waals surface area contributed by atoms with Crippen molar-refractivity contribution in [3.05, 3.63) is 53.5 Å². The summed E-state index contributed by atoms with van der Waals surface area (Å²) in [6.45, 7) is 5.34. The number of carbonyl (C=O) groups excluding carboxylic acids is 1. The molecule has 0 aliphatic rings. The Morgan fingerprint density at radius 1 is 1.15 bits per heavy atom. The van der Waals surface area contributed by atoms with E-state index in [9.17, 15) is 4.79 Å². The molecule has 0 aliphatic carbocycles. The van der Waals surface area contributed by atoms with Crippen LogP contribution in [-0.4, -0.2) is 12.5 Å². The molecule has 1 amide bonds. The highest BCUT2D eigenvalue weighted by atomic mass is 16.3. The van der Waals surface area contributed by atoms with Crippen molar-refractivity contribution in [1.82, 2.24) is 5.32 Å². The number of rotatable bonds is 6. The molecular formula is C16H20N2O2. The molecule has 0 bridgehead atoms. The topological polar surface area (TPSA) is 54.3 Å². The van der Waals surface area contributed by atoms with Gasteiger partial charge in [-0.3, -0.25) is 4.79 Å². The van der Waals surface area contributed by atoms with E-state index in [0.717, 1.165) is 30.2 Å². The van der Waals surface area contributed by atoms with E-state index in [0.29, 0.717) is 12.1 Å². The van der Waals surface area contributed by atoms with Crippen LogP contribution in [0.25, 0.3) is 0 Å². The van der Waals surface area contributed by atoms with Gasteiger partial charge in [-0.1, -0.05) is 6.92 Å². The fourth-order valence-electron chi connectivity index (χ4n) is 1.86. The van der Waals surface area contributed by atoms with Crippen molar-refractivity contribution in [2.24, 2.45) is 0 Å². The summed E-state index contributed by atoms with van der Waals surface area (Å²) in [7, 11) is 0. The van der Waals surface area contributed by atoms with Crippen molar-refractivity contribution in [3.63, 3.8) is 0 Å². The fourth-order valence-corrected chi connectivity index (χ4v) is 1.86. The number of hydrogen-bond donors (Lipinski definition) is 2. The summed E-state index contributed by atoms with van der Waals surface area (Å²) >= 11 is 0. The van der Waals surface area contributed by atoms with Crippen LogP contribution in [0.4, 0.5) is 5.69 Å². The van der Waals surface area contributed by atoms with Gasteiger partial charge in [0.05, 0.1) is 6.54 Å². The zero-order chi connectivity index (χ0) is 14.4. The first kappa shape index (κ1) is 14.2. The Labute approximate surface area is 119 Å². The molecule has 1 aromatic heterocycles. The predicted molar refractivity (Wildman–Crippen MR) is 79.8 cm³/mol. The van der Waals surface area contributed by atoms with E-state index < -0.39 is 0 Å². The second kappa shape index (κ2) is 6.80. The van der Waals surface area contributed by atoms with Gasteiger partial charge in [-0.05, 0) is 49.7 Å². The lowest BCUT2D eigenvalue weighted by atomic mass is 10.2. The van der Waals surface area contributed by atoms with Gasteiger partial charge in [0, 0.05) is 17.8 Å². The van der Waals surface area contributed by atoms with Gasteiger partial charge in [0.2, 0.25) is 0 Å². The molecular weight excluding hydrogens is 252 g/mol. The standard InChI is InChI=1S/C16H20N2O2/c1-3-10-17-14-7-5-13(6-8-14)16(19)18-11-15-9-4-12(2)20-15/h4-9,17H,3,10-11H2,1-2H3,(H,18,19). The normalized spacial score (nSPS) is 10.3. The molecule has 0 atom stereocenters. The highest BCUT2D eigenvalue weighted by Gasteiger charge is 2.06. The second-order valence-corrected chi connectivity index (χ2v) is 4.70. The van der Waals surface area contributed by atoms with Gasteiger partial charge in [-0.2, -0.15) is 0 Å². The minimum absolute atomic E-state index is 0.0962. The summed E-state index contributed by atoms with van der Waals surface area (Å²) in [5, 5.41) is 6.11. The Balaban J connectivity index is 1.88. The maximum absolute atomic E-state index is 12.0. The number of anilines is 1. The first-order valence-electron chi connectivity index (χ1n) is 6.86. The van der Waals surface area contributed by atoms with Gasteiger partial charge in [-0.15, -0.1) is 0 Å². The van der Waals surface area contributed by atoms with Crippen LogP contribution in [0, 0.1) is 6.92 Å². The predicted octanol–water partition coefficient (Wildman–Crippen LogP) is 3.34. The van der Waals surface area contributed by atoms with Crippen LogP contribution in [0.5, 0.6) is 0 Å². The molecule has 0 fully saturated rings. The molecule has 2 rings (SSSR count). The van der Waals surface area contributed by atoms with Crippen LogP contribution in [0.1, 0.15) is 35.2 Å². The molecule has 1 heterocycles. The number of furan rings is 1. The first-order chi connectivity index (χ1) is 9.69. The number of hydrogen-bond acceptors (Lipinski definition) is 3. The number of benzene rings is 1. The number of carbonyl (C=O) groups is 1. The van der Waals surface area contributed by atoms with Crippen LogP contribution in [0.3, 0.4) is 0 Å². The maximum Gasteiger partial charge on any atom is 0.251 e. The summed E-state index contributed by atoms with van der Waals surface area (Å²) in [5.74, 6) is 1.51. The summed E-state index contributed by atoms with van der Waals surface area (Å²) in [6.07, 6.45) is 1.07. The lowest BCUT2D eigenvalue weighted by Gasteiger charge is -2.06. The monoisotopic (exact) mass is 272 g/mol. The largest absolute Gasteiger partial charge is 0.465 e. The lowest BCUT2D eigenvalue weighted by molar-refractivity contribution is 0.0948. The van der Waals surface area contributed by atoms with Crippen LogP contribution in [-0.2, 0) is 6.54 Å². The van der Waals surface area contributed by atoms with Crippen LogP contribution in [0.2, 0.25) is 0 Å². The zero-order valence-electron chi connectivity index (χ0n) is 11.9. The highest BCUT2D eigenvalue weighted by molar-refractivity contribution is 5.94. The minimum Gasteiger partial charge on any atom is -0.465 e. The lowest BCUT2D eigenvalue weighted by Crippen LogP contribution is -2.22. The summed E-state index contributed by atoms with van der Waals surface area (Å²) in [4.78, 5) is 12.0. The summed E-state index contributed by atoms with van der Waals surface area (Å²) < 4.78 is 5.41. The Kier molecular flexibility index (Phi) is 4.82. The Bertz CT molecular complexity index is 558. The minimum atomic E-state index is -0.0962. The molecule has 2 N–H and O–H groups in total. The SMILES string of the molecule is CCCNc1ccc(C(=O)NCc2ccc(C)o2)cc1. The number of amides is 1. The van der Waals surface area contributed by atoms with Crippen molar-refractivity contribution in [2.45, 2.75) is 26.8 Å². The van der Waals surface area contributed by atoms with Crippen molar-refractivity contribution < 1.29 is 9.21 Å². The smallest absolute Gasteiger partial charge is 0.251 e. The third-order valence-corrected chi connectivity index (χ3v) is 2.95. The molecule has 0 spiro atoms. The molecule has 0 saturated heterocycles. The van der Waals surface area contributed by atoms with E-state index in [-0.39, 0.29) is 5.91 Å². The molecule has 0 aliphatic heterocycles. The van der Waals surface area contributed by atoms with Gasteiger partial charge in [0.25, 0.3) is 5.91 Å². The molecule has 0 radical (unpaired) electrons. The summed E-state index contributed by atoms with van der Waals surface area (Å²) in [5.41, 5.74) is 1.68. The van der Waals surface area contributed by atoms with Crippen LogP contribution >= 0.6 is 0 Å². The molecule has 106 valence electrons. The molecule has 0 unspecified atom stereocenters. The van der Waals surface area contributed by atoms with E-state index >= 15 is 0 Å². The van der Waals surface area contributed by atoms with E-state index in [1.54, 1.807) is 0 Å². The molecule has 1 aromatic carbocycles. The molecule has 4 heteroatoms. The van der Waals surface area contributed by atoms with Gasteiger partial charge >= 0.3 is 0 Å². The Hall–Kier alpha value is -2.23. The third-order valence-electron chi connectivity index (χ3n) is 2.95. The summed E-state index contributed by atoms with van der Waals surface area (Å²) in [6, 6.07) is 11.2. The zero-order valence-corrected chi connectivity index (χ0v) is 11.9. The van der Waals surface area contributed by atoms with Gasteiger partial charge in [0.15, 0.2) is 0 Å². The molecule has 4 nitrogen and oxygen atoms in total. The first-order valence-corrected chi connectivity index (χ1v) is 6.86. The average Bonchev–Trinajstić information content (AvgIpc) is 2.89. The van der Waals surface area contributed by atoms with Crippen LogP contribution < -0.4 is 10.6 Å². The molecule has 0 saturated carbocycles. The maximum atomic E-state index is 12.0. The van der Waals surface area contributed by atoms with E-state index in [1.165, 1.54) is 0 Å². The van der Waals surface area contributed by atoms with Gasteiger partial charge in [0.1, 0.15) is 11.5 Å². The highest BCUT2D eigenvalue weighted by Crippen LogP contribution is 2.10.